The lowest BCUT2D eigenvalue weighted by atomic mass is 10.1. The molecule has 1 aliphatic carbocycles. The van der Waals surface area contributed by atoms with Gasteiger partial charge in [0.05, 0.1) is 6.67 Å². The van der Waals surface area contributed by atoms with Crippen LogP contribution in [0, 0.1) is 0 Å². The van der Waals surface area contributed by atoms with Crippen molar-refractivity contribution in [1.29, 1.82) is 0 Å². The van der Waals surface area contributed by atoms with Crippen molar-refractivity contribution in [3.63, 3.8) is 0 Å². The van der Waals surface area contributed by atoms with Crippen molar-refractivity contribution in [1.82, 2.24) is 15.1 Å². The number of hydrogen-bond donors (Lipinski definition) is 1. The standard InChI is InChI=1S/C17H25N3O/c1-19(15-9-5-6-10-15)11-12-20-13-18-16(17(20)21)14-7-3-2-4-8-14/h2-4,7-8,15-16,18H,5-6,9-13H2,1H3. The predicted molar refractivity (Wildman–Crippen MR) is 83.8 cm³/mol. The Balaban J connectivity index is 1.52. The Morgan fingerprint density at radius 1 is 1.24 bits per heavy atom. The first-order chi connectivity index (χ1) is 10.3. The van der Waals surface area contributed by atoms with Crippen molar-refractivity contribution in [3.8, 4) is 0 Å². The fourth-order valence-electron chi connectivity index (χ4n) is 3.45. The number of amides is 1. The molecule has 1 aromatic rings. The number of benzene rings is 1. The van der Waals surface area contributed by atoms with Crippen molar-refractivity contribution >= 4 is 5.91 Å². The number of nitrogens with zero attached hydrogens (tertiary/aromatic N) is 2. The highest BCUT2D eigenvalue weighted by atomic mass is 16.2. The molecule has 3 rings (SSSR count). The Morgan fingerprint density at radius 3 is 2.67 bits per heavy atom. The van der Waals surface area contributed by atoms with Gasteiger partial charge in [0.15, 0.2) is 0 Å². The molecule has 4 nitrogen and oxygen atoms in total. The molecule has 1 aliphatic heterocycles. The van der Waals surface area contributed by atoms with Gasteiger partial charge in [0.25, 0.3) is 0 Å². The van der Waals surface area contributed by atoms with Gasteiger partial charge in [-0.25, -0.2) is 0 Å². The molecule has 21 heavy (non-hydrogen) atoms. The zero-order valence-corrected chi connectivity index (χ0v) is 12.8. The largest absolute Gasteiger partial charge is 0.327 e. The first kappa shape index (κ1) is 14.5. The fraction of sp³-hybridized carbons (Fsp3) is 0.588. The van der Waals surface area contributed by atoms with E-state index >= 15 is 0 Å². The highest BCUT2D eigenvalue weighted by Gasteiger charge is 2.32. The average Bonchev–Trinajstić information content (AvgIpc) is 3.16. The summed E-state index contributed by atoms with van der Waals surface area (Å²) in [5, 5.41) is 3.32. The van der Waals surface area contributed by atoms with E-state index in [0.29, 0.717) is 6.67 Å². The molecule has 0 aromatic heterocycles. The van der Waals surface area contributed by atoms with E-state index in [2.05, 4.69) is 17.3 Å². The van der Waals surface area contributed by atoms with Gasteiger partial charge in [-0.2, -0.15) is 0 Å². The van der Waals surface area contributed by atoms with Crippen molar-refractivity contribution < 1.29 is 4.79 Å². The molecule has 1 unspecified atom stereocenters. The molecule has 0 bridgehead atoms. The summed E-state index contributed by atoms with van der Waals surface area (Å²) >= 11 is 0. The van der Waals surface area contributed by atoms with Gasteiger partial charge >= 0.3 is 0 Å². The third-order valence-electron chi connectivity index (χ3n) is 4.85. The summed E-state index contributed by atoms with van der Waals surface area (Å²) in [7, 11) is 2.19. The minimum Gasteiger partial charge on any atom is -0.327 e. The van der Waals surface area contributed by atoms with Crippen LogP contribution in [0.5, 0.6) is 0 Å². The van der Waals surface area contributed by atoms with E-state index in [4.69, 9.17) is 0 Å². The van der Waals surface area contributed by atoms with Crippen LogP contribution in [0.4, 0.5) is 0 Å². The van der Waals surface area contributed by atoms with Gasteiger partial charge in [-0.05, 0) is 25.5 Å². The maximum Gasteiger partial charge on any atom is 0.245 e. The van der Waals surface area contributed by atoms with Crippen LogP contribution in [0.2, 0.25) is 0 Å². The molecule has 1 atom stereocenters. The van der Waals surface area contributed by atoms with Crippen LogP contribution in [0.3, 0.4) is 0 Å². The number of carbonyl (C=O) groups excluding carboxylic acids is 1. The molecule has 114 valence electrons. The summed E-state index contributed by atoms with van der Waals surface area (Å²) in [5.41, 5.74) is 1.06. The van der Waals surface area contributed by atoms with E-state index in [-0.39, 0.29) is 11.9 Å². The molecule has 0 spiro atoms. The number of likely N-dealkylation sites (N-methyl/N-ethyl adjacent to an activating group) is 1. The fourth-order valence-corrected chi connectivity index (χ4v) is 3.45. The SMILES string of the molecule is CN(CCN1CNC(c2ccccc2)C1=O)C1CCCC1. The van der Waals surface area contributed by atoms with Crippen LogP contribution in [0.15, 0.2) is 30.3 Å². The topological polar surface area (TPSA) is 35.6 Å². The number of nitrogens with one attached hydrogen (secondary N) is 1. The Hall–Kier alpha value is -1.39. The first-order valence-corrected chi connectivity index (χ1v) is 8.03. The third kappa shape index (κ3) is 3.27. The molecule has 1 saturated heterocycles. The molecule has 1 N–H and O–H groups in total. The van der Waals surface area contributed by atoms with Crippen LogP contribution in [-0.2, 0) is 4.79 Å². The Kier molecular flexibility index (Phi) is 4.56. The van der Waals surface area contributed by atoms with Gasteiger partial charge in [0.1, 0.15) is 6.04 Å². The second-order valence-electron chi connectivity index (χ2n) is 6.23. The van der Waals surface area contributed by atoms with Gasteiger partial charge in [-0.15, -0.1) is 0 Å². The Bertz CT molecular complexity index is 470. The smallest absolute Gasteiger partial charge is 0.245 e. The zero-order chi connectivity index (χ0) is 14.7. The summed E-state index contributed by atoms with van der Waals surface area (Å²) in [4.78, 5) is 16.9. The van der Waals surface area contributed by atoms with Gasteiger partial charge in [-0.3, -0.25) is 10.1 Å². The lowest BCUT2D eigenvalue weighted by molar-refractivity contribution is -0.129. The van der Waals surface area contributed by atoms with E-state index in [1.807, 2.05) is 35.2 Å². The summed E-state index contributed by atoms with van der Waals surface area (Å²) in [5.74, 6) is 0.209. The van der Waals surface area contributed by atoms with E-state index < -0.39 is 0 Å². The number of rotatable bonds is 5. The van der Waals surface area contributed by atoms with Gasteiger partial charge in [0, 0.05) is 19.1 Å². The molecule has 2 fully saturated rings. The normalized spacial score (nSPS) is 23.4. The van der Waals surface area contributed by atoms with Gasteiger partial charge in [-0.1, -0.05) is 43.2 Å². The predicted octanol–water partition coefficient (Wildman–Crippen LogP) is 1.99. The quantitative estimate of drug-likeness (QED) is 0.899. The Morgan fingerprint density at radius 2 is 1.95 bits per heavy atom. The maximum atomic E-state index is 12.5. The van der Waals surface area contributed by atoms with Crippen LogP contribution in [0.25, 0.3) is 0 Å². The van der Waals surface area contributed by atoms with Crippen LogP contribution in [-0.4, -0.2) is 48.6 Å². The average molecular weight is 287 g/mol. The van der Waals surface area contributed by atoms with Crippen molar-refractivity contribution in [2.24, 2.45) is 0 Å². The second-order valence-corrected chi connectivity index (χ2v) is 6.23. The van der Waals surface area contributed by atoms with Gasteiger partial charge in [0.2, 0.25) is 5.91 Å². The van der Waals surface area contributed by atoms with Crippen molar-refractivity contribution in [2.75, 3.05) is 26.8 Å². The second kappa shape index (κ2) is 6.58. The molecular formula is C17H25N3O. The highest BCUT2D eigenvalue weighted by molar-refractivity contribution is 5.85. The zero-order valence-electron chi connectivity index (χ0n) is 12.8. The van der Waals surface area contributed by atoms with Crippen LogP contribution >= 0.6 is 0 Å². The molecule has 1 amide bonds. The van der Waals surface area contributed by atoms with Crippen molar-refractivity contribution in [3.05, 3.63) is 35.9 Å². The lowest BCUT2D eigenvalue weighted by Gasteiger charge is -2.26. The number of hydrogen-bond acceptors (Lipinski definition) is 3. The monoisotopic (exact) mass is 287 g/mol. The minimum absolute atomic E-state index is 0.164. The molecule has 2 aliphatic rings. The van der Waals surface area contributed by atoms with Gasteiger partial charge < -0.3 is 9.80 Å². The highest BCUT2D eigenvalue weighted by Crippen LogP contribution is 2.23. The van der Waals surface area contributed by atoms with E-state index in [0.717, 1.165) is 24.7 Å². The van der Waals surface area contributed by atoms with Crippen molar-refractivity contribution in [2.45, 2.75) is 37.8 Å². The lowest BCUT2D eigenvalue weighted by Crippen LogP contribution is -2.38. The number of carbonyl (C=O) groups is 1. The summed E-state index contributed by atoms with van der Waals surface area (Å²) in [6.07, 6.45) is 5.34. The molecule has 0 radical (unpaired) electrons. The summed E-state index contributed by atoms with van der Waals surface area (Å²) in [6, 6.07) is 10.6. The minimum atomic E-state index is -0.164. The van der Waals surface area contributed by atoms with Crippen LogP contribution in [0.1, 0.15) is 37.3 Å². The summed E-state index contributed by atoms with van der Waals surface area (Å²) < 4.78 is 0. The maximum absolute atomic E-state index is 12.5. The van der Waals surface area contributed by atoms with E-state index in [1.165, 1.54) is 25.7 Å². The first-order valence-electron chi connectivity index (χ1n) is 8.03. The molecular weight excluding hydrogens is 262 g/mol. The molecule has 1 aromatic carbocycles. The molecule has 1 heterocycles. The van der Waals surface area contributed by atoms with E-state index in [9.17, 15) is 4.79 Å². The third-order valence-corrected chi connectivity index (χ3v) is 4.85. The van der Waals surface area contributed by atoms with Crippen LogP contribution < -0.4 is 5.32 Å². The Labute approximate surface area is 127 Å². The molecule has 1 saturated carbocycles. The van der Waals surface area contributed by atoms with E-state index in [1.54, 1.807) is 0 Å². The molecule has 4 heteroatoms. The summed E-state index contributed by atoms with van der Waals surface area (Å²) in [6.45, 7) is 2.46.